The molecule has 2 aromatic rings. The molecule has 0 aliphatic rings. The van der Waals surface area contributed by atoms with Crippen LogP contribution in [0, 0.1) is 0 Å². The highest BCUT2D eigenvalue weighted by Crippen LogP contribution is 2.37. The van der Waals surface area contributed by atoms with Crippen LogP contribution in [0.4, 0.5) is 0 Å². The molecular formula is C17H18Cl2O4. The zero-order chi connectivity index (χ0) is 16.7. The van der Waals surface area contributed by atoms with E-state index >= 15 is 0 Å². The summed E-state index contributed by atoms with van der Waals surface area (Å²) >= 11 is 12.1. The fraction of sp³-hybridized carbons (Fsp3) is 0.294. The number of methoxy groups -OCH3 is 2. The fourth-order valence-electron chi connectivity index (χ4n) is 1.99. The van der Waals surface area contributed by atoms with Crippen molar-refractivity contribution in [2.45, 2.75) is 6.42 Å². The van der Waals surface area contributed by atoms with Gasteiger partial charge in [-0.05, 0) is 24.3 Å². The second-order valence-electron chi connectivity index (χ2n) is 4.59. The summed E-state index contributed by atoms with van der Waals surface area (Å²) in [5.41, 5.74) is 0. The summed E-state index contributed by atoms with van der Waals surface area (Å²) in [5.74, 6) is 2.32. The molecule has 0 bridgehead atoms. The molecule has 6 heteroatoms. The van der Waals surface area contributed by atoms with Crippen LogP contribution in [0.15, 0.2) is 36.4 Å². The van der Waals surface area contributed by atoms with Gasteiger partial charge in [-0.3, -0.25) is 0 Å². The first kappa shape index (κ1) is 17.6. The van der Waals surface area contributed by atoms with Gasteiger partial charge in [0.15, 0.2) is 17.2 Å². The number of halogens is 2. The van der Waals surface area contributed by atoms with E-state index in [0.29, 0.717) is 52.7 Å². The van der Waals surface area contributed by atoms with Gasteiger partial charge in [0.1, 0.15) is 0 Å². The Morgan fingerprint density at radius 2 is 1.22 bits per heavy atom. The lowest BCUT2D eigenvalue weighted by molar-refractivity contribution is 0.232. The zero-order valence-electron chi connectivity index (χ0n) is 13.0. The second-order valence-corrected chi connectivity index (χ2v) is 5.41. The van der Waals surface area contributed by atoms with E-state index in [4.69, 9.17) is 42.1 Å². The van der Waals surface area contributed by atoms with E-state index in [2.05, 4.69) is 0 Å². The number of hydrogen-bond acceptors (Lipinski definition) is 4. The first-order chi connectivity index (χ1) is 11.2. The van der Waals surface area contributed by atoms with Crippen LogP contribution in [-0.4, -0.2) is 27.4 Å². The van der Waals surface area contributed by atoms with E-state index in [1.165, 1.54) is 0 Å². The molecule has 0 saturated heterocycles. The normalized spacial score (nSPS) is 10.3. The summed E-state index contributed by atoms with van der Waals surface area (Å²) in [6.07, 6.45) is 0.656. The maximum Gasteiger partial charge on any atom is 0.203 e. The van der Waals surface area contributed by atoms with Gasteiger partial charge in [-0.2, -0.15) is 0 Å². The lowest BCUT2D eigenvalue weighted by atomic mass is 10.3. The molecule has 2 aromatic carbocycles. The smallest absolute Gasteiger partial charge is 0.203 e. The molecule has 124 valence electrons. The second kappa shape index (κ2) is 8.75. The predicted molar refractivity (Wildman–Crippen MR) is 91.6 cm³/mol. The van der Waals surface area contributed by atoms with Gasteiger partial charge >= 0.3 is 0 Å². The van der Waals surface area contributed by atoms with Crippen molar-refractivity contribution in [3.8, 4) is 23.0 Å². The van der Waals surface area contributed by atoms with Crippen molar-refractivity contribution in [3.63, 3.8) is 0 Å². The first-order valence-electron chi connectivity index (χ1n) is 7.08. The molecule has 0 spiro atoms. The molecule has 2 rings (SSSR count). The van der Waals surface area contributed by atoms with Crippen molar-refractivity contribution >= 4 is 23.2 Å². The molecule has 0 amide bonds. The molecule has 4 nitrogen and oxygen atoms in total. The number of benzene rings is 2. The molecule has 0 saturated carbocycles. The Bertz CT molecular complexity index is 604. The van der Waals surface area contributed by atoms with Gasteiger partial charge in [-0.25, -0.2) is 0 Å². The van der Waals surface area contributed by atoms with Crippen molar-refractivity contribution in [1.29, 1.82) is 0 Å². The third kappa shape index (κ3) is 4.60. The summed E-state index contributed by atoms with van der Waals surface area (Å²) in [7, 11) is 3.17. The average Bonchev–Trinajstić information content (AvgIpc) is 2.56. The van der Waals surface area contributed by atoms with Crippen molar-refractivity contribution < 1.29 is 18.9 Å². The molecule has 0 fully saturated rings. The summed E-state index contributed by atoms with van der Waals surface area (Å²) in [6, 6.07) is 10.7. The Hall–Kier alpha value is -1.78. The largest absolute Gasteiger partial charge is 0.493 e. The van der Waals surface area contributed by atoms with Gasteiger partial charge in [0.05, 0.1) is 37.5 Å². The third-order valence-electron chi connectivity index (χ3n) is 3.08. The van der Waals surface area contributed by atoms with Crippen LogP contribution in [0.1, 0.15) is 6.42 Å². The molecule has 0 radical (unpaired) electrons. The van der Waals surface area contributed by atoms with Crippen LogP contribution in [0.3, 0.4) is 0 Å². The molecule has 0 heterocycles. The number of ether oxygens (including phenoxy) is 4. The van der Waals surface area contributed by atoms with E-state index < -0.39 is 0 Å². The molecule has 0 aliphatic heterocycles. The number of para-hydroxylation sites is 2. The van der Waals surface area contributed by atoms with Crippen molar-refractivity contribution in [3.05, 3.63) is 46.4 Å². The molecule has 0 aliphatic carbocycles. The molecule has 0 aromatic heterocycles. The highest BCUT2D eigenvalue weighted by molar-refractivity contribution is 6.37. The van der Waals surface area contributed by atoms with Crippen molar-refractivity contribution in [1.82, 2.24) is 0 Å². The Labute approximate surface area is 145 Å². The van der Waals surface area contributed by atoms with Crippen LogP contribution in [0.25, 0.3) is 0 Å². The molecule has 0 N–H and O–H groups in total. The van der Waals surface area contributed by atoms with Crippen LogP contribution in [0.2, 0.25) is 10.0 Å². The quantitative estimate of drug-likeness (QED) is 0.633. The topological polar surface area (TPSA) is 36.9 Å². The summed E-state index contributed by atoms with van der Waals surface area (Å²) in [4.78, 5) is 0. The van der Waals surface area contributed by atoms with Gasteiger partial charge < -0.3 is 18.9 Å². The molecule has 23 heavy (non-hydrogen) atoms. The summed E-state index contributed by atoms with van der Waals surface area (Å²) in [5, 5.41) is 0.981. The minimum absolute atomic E-state index is 0.431. The van der Waals surface area contributed by atoms with E-state index in [0.717, 1.165) is 0 Å². The molecular weight excluding hydrogens is 339 g/mol. The monoisotopic (exact) mass is 356 g/mol. The summed E-state index contributed by atoms with van der Waals surface area (Å²) in [6.45, 7) is 0.875. The third-order valence-corrected chi connectivity index (χ3v) is 3.68. The van der Waals surface area contributed by atoms with Crippen LogP contribution >= 0.6 is 23.2 Å². The van der Waals surface area contributed by atoms with Crippen molar-refractivity contribution in [2.24, 2.45) is 0 Å². The maximum absolute atomic E-state index is 6.04. The van der Waals surface area contributed by atoms with E-state index in [9.17, 15) is 0 Å². The molecule has 0 unspecified atom stereocenters. The Morgan fingerprint density at radius 1 is 0.739 bits per heavy atom. The van der Waals surface area contributed by atoms with Gasteiger partial charge in [0.2, 0.25) is 5.75 Å². The number of rotatable bonds is 8. The summed E-state index contributed by atoms with van der Waals surface area (Å²) < 4.78 is 21.9. The standard InChI is InChI=1S/C17H18Cl2O4/c1-20-14-8-4-9-15(21-2)17(14)23-11-5-10-22-16-12(18)6-3-7-13(16)19/h3-4,6-9H,5,10-11H2,1-2H3. The van der Waals surface area contributed by atoms with E-state index in [1.54, 1.807) is 32.4 Å². The highest BCUT2D eigenvalue weighted by atomic mass is 35.5. The minimum Gasteiger partial charge on any atom is -0.493 e. The predicted octanol–water partition coefficient (Wildman–Crippen LogP) is 4.86. The SMILES string of the molecule is COc1cccc(OC)c1OCCCOc1c(Cl)cccc1Cl. The Morgan fingerprint density at radius 3 is 1.74 bits per heavy atom. The van der Waals surface area contributed by atoms with E-state index in [-0.39, 0.29) is 0 Å². The average molecular weight is 357 g/mol. The maximum atomic E-state index is 6.04. The fourth-order valence-corrected chi connectivity index (χ4v) is 2.49. The Kier molecular flexibility index (Phi) is 6.68. The van der Waals surface area contributed by atoms with Gasteiger partial charge in [0.25, 0.3) is 0 Å². The van der Waals surface area contributed by atoms with Gasteiger partial charge in [-0.15, -0.1) is 0 Å². The molecule has 0 atom stereocenters. The minimum atomic E-state index is 0.431. The zero-order valence-corrected chi connectivity index (χ0v) is 14.5. The van der Waals surface area contributed by atoms with Gasteiger partial charge in [0, 0.05) is 6.42 Å². The highest BCUT2D eigenvalue weighted by Gasteiger charge is 2.11. The first-order valence-corrected chi connectivity index (χ1v) is 7.83. The Balaban J connectivity index is 1.87. The lowest BCUT2D eigenvalue weighted by Crippen LogP contribution is -2.07. The van der Waals surface area contributed by atoms with Crippen LogP contribution in [-0.2, 0) is 0 Å². The van der Waals surface area contributed by atoms with Crippen molar-refractivity contribution in [2.75, 3.05) is 27.4 Å². The van der Waals surface area contributed by atoms with Crippen LogP contribution in [0.5, 0.6) is 23.0 Å². The van der Waals surface area contributed by atoms with Gasteiger partial charge in [-0.1, -0.05) is 35.3 Å². The number of hydrogen-bond donors (Lipinski definition) is 0. The van der Waals surface area contributed by atoms with Crippen LogP contribution < -0.4 is 18.9 Å². The lowest BCUT2D eigenvalue weighted by Gasteiger charge is -2.14. The van der Waals surface area contributed by atoms with E-state index in [1.807, 2.05) is 18.2 Å².